The second-order valence-corrected chi connectivity index (χ2v) is 7.43. The number of phenolic OH excluding ortho intramolecular Hbond substituents is 1. The van der Waals surface area contributed by atoms with Gasteiger partial charge < -0.3 is 5.11 Å². The lowest BCUT2D eigenvalue weighted by Gasteiger charge is -2.04. The Morgan fingerprint density at radius 2 is 1.89 bits per heavy atom. The lowest BCUT2D eigenvalue weighted by Crippen LogP contribution is -1.92. The summed E-state index contributed by atoms with van der Waals surface area (Å²) in [5.74, 6) is 0.176. The number of benzene rings is 3. The molecule has 1 aromatic heterocycles. The van der Waals surface area contributed by atoms with Crippen molar-refractivity contribution in [3.63, 3.8) is 0 Å². The van der Waals surface area contributed by atoms with Gasteiger partial charge in [-0.15, -0.1) is 11.3 Å². The predicted molar refractivity (Wildman–Crippen MR) is 114 cm³/mol. The van der Waals surface area contributed by atoms with E-state index in [0.717, 1.165) is 22.0 Å². The van der Waals surface area contributed by atoms with Gasteiger partial charge in [-0.05, 0) is 29.0 Å². The first-order valence-corrected chi connectivity index (χ1v) is 9.66. The molecule has 0 spiro atoms. The van der Waals surface area contributed by atoms with Gasteiger partial charge in [0.2, 0.25) is 5.13 Å². The fourth-order valence-electron chi connectivity index (χ4n) is 2.68. The Labute approximate surface area is 169 Å². The van der Waals surface area contributed by atoms with Crippen LogP contribution in [0.25, 0.3) is 22.0 Å². The zero-order valence-corrected chi connectivity index (χ0v) is 16.2. The van der Waals surface area contributed by atoms with Gasteiger partial charge in [-0.1, -0.05) is 59.6 Å². The average Bonchev–Trinajstić information content (AvgIpc) is 3.15. The van der Waals surface area contributed by atoms with E-state index < -0.39 is 0 Å². The number of aromatic nitrogens is 1. The van der Waals surface area contributed by atoms with Crippen molar-refractivity contribution in [3.8, 4) is 17.0 Å². The van der Waals surface area contributed by atoms with Crippen LogP contribution in [0.15, 0.2) is 65.1 Å². The van der Waals surface area contributed by atoms with Crippen LogP contribution < -0.4 is 5.43 Å². The van der Waals surface area contributed by atoms with Gasteiger partial charge in [0.05, 0.1) is 22.0 Å². The van der Waals surface area contributed by atoms with E-state index >= 15 is 0 Å². The molecular weight excluding hydrogens is 401 g/mol. The number of phenols is 1. The summed E-state index contributed by atoms with van der Waals surface area (Å²) in [4.78, 5) is 4.50. The van der Waals surface area contributed by atoms with Crippen LogP contribution in [0.4, 0.5) is 5.13 Å². The Bertz CT molecular complexity index is 1160. The van der Waals surface area contributed by atoms with Gasteiger partial charge in [0.15, 0.2) is 0 Å². The van der Waals surface area contributed by atoms with E-state index in [1.807, 2.05) is 41.8 Å². The zero-order chi connectivity index (χ0) is 18.8. The summed E-state index contributed by atoms with van der Waals surface area (Å²) in [6.45, 7) is 0. The lowest BCUT2D eigenvalue weighted by molar-refractivity contribution is 0.475. The zero-order valence-electron chi connectivity index (χ0n) is 13.9. The summed E-state index contributed by atoms with van der Waals surface area (Å²) in [6, 6.07) is 16.7. The molecule has 1 heterocycles. The largest absolute Gasteiger partial charge is 0.507 e. The monoisotopic (exact) mass is 413 g/mol. The fourth-order valence-corrected chi connectivity index (χ4v) is 3.65. The highest BCUT2D eigenvalue weighted by Crippen LogP contribution is 2.30. The molecule has 0 atom stereocenters. The molecule has 0 unspecified atom stereocenters. The van der Waals surface area contributed by atoms with Crippen molar-refractivity contribution in [2.45, 2.75) is 0 Å². The van der Waals surface area contributed by atoms with Crippen LogP contribution >= 0.6 is 34.5 Å². The van der Waals surface area contributed by atoms with E-state index in [1.54, 1.807) is 24.4 Å². The SMILES string of the molecule is Oc1ccc2ccccc2c1/C=N/Nc1nc(-c2ccc(Cl)c(Cl)c2)cs1. The van der Waals surface area contributed by atoms with Crippen LogP contribution in [0.3, 0.4) is 0 Å². The van der Waals surface area contributed by atoms with E-state index in [1.165, 1.54) is 11.3 Å². The van der Waals surface area contributed by atoms with Crippen molar-refractivity contribution in [3.05, 3.63) is 75.6 Å². The number of anilines is 1. The first-order valence-electron chi connectivity index (χ1n) is 8.02. The normalized spacial score (nSPS) is 11.3. The summed E-state index contributed by atoms with van der Waals surface area (Å²) in [5, 5.41) is 19.9. The minimum atomic E-state index is 0.176. The van der Waals surface area contributed by atoms with Crippen LogP contribution in [-0.4, -0.2) is 16.3 Å². The summed E-state index contributed by atoms with van der Waals surface area (Å²) in [5.41, 5.74) is 5.22. The number of fused-ring (bicyclic) bond motifs is 1. The van der Waals surface area contributed by atoms with Crippen LogP contribution in [-0.2, 0) is 0 Å². The Morgan fingerprint density at radius 1 is 1.04 bits per heavy atom. The van der Waals surface area contributed by atoms with Gasteiger partial charge >= 0.3 is 0 Å². The van der Waals surface area contributed by atoms with Crippen molar-refractivity contribution < 1.29 is 5.11 Å². The molecule has 27 heavy (non-hydrogen) atoms. The second-order valence-electron chi connectivity index (χ2n) is 5.76. The van der Waals surface area contributed by atoms with Crippen LogP contribution in [0.2, 0.25) is 10.0 Å². The van der Waals surface area contributed by atoms with Crippen molar-refractivity contribution in [1.29, 1.82) is 0 Å². The molecule has 0 fully saturated rings. The van der Waals surface area contributed by atoms with Crippen molar-refractivity contribution in [2.75, 3.05) is 5.43 Å². The third-order valence-corrected chi connectivity index (χ3v) is 5.51. The molecule has 7 heteroatoms. The lowest BCUT2D eigenvalue weighted by atomic mass is 10.0. The standard InChI is InChI=1S/C20H13Cl2N3OS/c21-16-7-5-13(9-17(16)22)18-11-27-20(24-18)25-23-10-15-14-4-2-1-3-12(14)6-8-19(15)26/h1-11,26H,(H,24,25)/b23-10+. The van der Waals surface area contributed by atoms with E-state index in [2.05, 4.69) is 15.5 Å². The number of aromatic hydroxyl groups is 1. The van der Waals surface area contributed by atoms with Gasteiger partial charge in [-0.2, -0.15) is 5.10 Å². The molecule has 4 nitrogen and oxygen atoms in total. The number of hydrogen-bond donors (Lipinski definition) is 2. The number of halogens is 2. The first-order chi connectivity index (χ1) is 13.1. The molecule has 0 amide bonds. The number of rotatable bonds is 4. The molecule has 0 aliphatic rings. The summed E-state index contributed by atoms with van der Waals surface area (Å²) in [7, 11) is 0. The highest BCUT2D eigenvalue weighted by Gasteiger charge is 2.07. The Morgan fingerprint density at radius 3 is 2.74 bits per heavy atom. The fraction of sp³-hybridized carbons (Fsp3) is 0. The molecule has 4 aromatic rings. The van der Waals surface area contributed by atoms with E-state index in [4.69, 9.17) is 23.2 Å². The molecule has 0 saturated carbocycles. The Kier molecular flexibility index (Phi) is 4.99. The second kappa shape index (κ2) is 7.56. The van der Waals surface area contributed by atoms with Crippen molar-refractivity contribution in [1.82, 2.24) is 4.98 Å². The van der Waals surface area contributed by atoms with E-state index in [9.17, 15) is 5.11 Å². The minimum absolute atomic E-state index is 0.176. The molecule has 0 saturated heterocycles. The quantitative estimate of drug-likeness (QED) is 0.299. The number of nitrogens with zero attached hydrogens (tertiary/aromatic N) is 2. The number of thiazole rings is 1. The summed E-state index contributed by atoms with van der Waals surface area (Å²) in [6.07, 6.45) is 1.60. The number of nitrogens with one attached hydrogen (secondary N) is 1. The topological polar surface area (TPSA) is 57.5 Å². The van der Waals surface area contributed by atoms with Gasteiger partial charge in [-0.3, -0.25) is 5.43 Å². The van der Waals surface area contributed by atoms with Gasteiger partial charge in [0.25, 0.3) is 0 Å². The molecule has 134 valence electrons. The highest BCUT2D eigenvalue weighted by molar-refractivity contribution is 7.14. The molecule has 4 rings (SSSR count). The first kappa shape index (κ1) is 17.8. The molecule has 2 N–H and O–H groups in total. The van der Waals surface area contributed by atoms with E-state index in [0.29, 0.717) is 20.7 Å². The molecule has 0 radical (unpaired) electrons. The smallest absolute Gasteiger partial charge is 0.203 e. The maximum Gasteiger partial charge on any atom is 0.203 e. The van der Waals surface area contributed by atoms with Crippen LogP contribution in [0, 0.1) is 0 Å². The number of hydrazone groups is 1. The Balaban J connectivity index is 1.55. The van der Waals surface area contributed by atoms with Crippen LogP contribution in [0.1, 0.15) is 5.56 Å². The molecule has 0 aliphatic carbocycles. The minimum Gasteiger partial charge on any atom is -0.507 e. The molecule has 3 aromatic carbocycles. The average molecular weight is 414 g/mol. The summed E-state index contributed by atoms with van der Waals surface area (Å²) < 4.78 is 0. The van der Waals surface area contributed by atoms with Crippen molar-refractivity contribution >= 4 is 56.7 Å². The third kappa shape index (κ3) is 3.76. The third-order valence-electron chi connectivity index (χ3n) is 4.02. The van der Waals surface area contributed by atoms with Crippen LogP contribution in [0.5, 0.6) is 5.75 Å². The molecule has 0 bridgehead atoms. The van der Waals surface area contributed by atoms with Gasteiger partial charge in [0.1, 0.15) is 5.75 Å². The van der Waals surface area contributed by atoms with E-state index in [-0.39, 0.29) is 5.75 Å². The van der Waals surface area contributed by atoms with Gasteiger partial charge in [0, 0.05) is 16.5 Å². The number of hydrogen-bond acceptors (Lipinski definition) is 5. The predicted octanol–water partition coefficient (Wildman–Crippen LogP) is 6.42. The van der Waals surface area contributed by atoms with Crippen molar-refractivity contribution in [2.24, 2.45) is 5.10 Å². The van der Waals surface area contributed by atoms with Gasteiger partial charge in [-0.25, -0.2) is 4.98 Å². The highest BCUT2D eigenvalue weighted by atomic mass is 35.5. The maximum atomic E-state index is 10.2. The maximum absolute atomic E-state index is 10.2. The Hall–Kier alpha value is -2.60. The molecular formula is C20H13Cl2N3OS. The molecule has 0 aliphatic heterocycles. The summed E-state index contributed by atoms with van der Waals surface area (Å²) >= 11 is 13.4.